The van der Waals surface area contributed by atoms with Gasteiger partial charge in [0.2, 0.25) is 0 Å². The number of nitrogens with two attached hydrogens (primary N) is 1. The molecule has 0 aromatic heterocycles. The fraction of sp³-hybridized carbons (Fsp3) is 0.316. The number of ether oxygens (including phenoxy) is 1. The van der Waals surface area contributed by atoms with Crippen LogP contribution in [0.1, 0.15) is 18.4 Å². The molecule has 0 aliphatic heterocycles. The predicted molar refractivity (Wildman–Crippen MR) is 109 cm³/mol. The summed E-state index contributed by atoms with van der Waals surface area (Å²) in [5.41, 5.74) is 3.86. The lowest BCUT2D eigenvalue weighted by atomic mass is 10.2. The first-order valence-electron chi connectivity index (χ1n) is 8.68. The van der Waals surface area contributed by atoms with E-state index >= 15 is 0 Å². The van der Waals surface area contributed by atoms with E-state index < -0.39 is 10.0 Å². The molecule has 3 N–H and O–H groups in total. The second-order valence-electron chi connectivity index (χ2n) is 6.01. The Bertz CT molecular complexity index is 855. The Balaban J connectivity index is 2.11. The van der Waals surface area contributed by atoms with E-state index in [-0.39, 0.29) is 4.90 Å². The normalized spacial score (nSPS) is 11.5. The van der Waals surface area contributed by atoms with Crippen LogP contribution in [0.2, 0.25) is 0 Å². The van der Waals surface area contributed by atoms with Gasteiger partial charge in [-0.3, -0.25) is 9.30 Å². The number of aryl methyl sites for hydroxylation is 1. The number of hydrazine groups is 1. The van der Waals surface area contributed by atoms with Gasteiger partial charge in [0.05, 0.1) is 23.5 Å². The average Bonchev–Trinajstić information content (AvgIpc) is 2.67. The number of benzene rings is 2. The van der Waals surface area contributed by atoms with Crippen LogP contribution >= 0.6 is 0 Å². The second-order valence-corrected chi connectivity index (χ2v) is 7.98. The number of rotatable bonds is 10. The number of hydrogen-bond acceptors (Lipinski definition) is 5. The van der Waals surface area contributed by atoms with Crippen LogP contribution in [0.5, 0.6) is 5.75 Å². The van der Waals surface area contributed by atoms with E-state index in [4.69, 9.17) is 10.6 Å². The number of hydrogen-bond donors (Lipinski definition) is 2. The van der Waals surface area contributed by atoms with Crippen molar-refractivity contribution in [3.05, 3.63) is 54.1 Å². The molecule has 2 aromatic carbocycles. The van der Waals surface area contributed by atoms with Crippen LogP contribution in [0.25, 0.3) is 0 Å². The molecule has 2 aromatic rings. The SMILES string of the molecule is Cc1ccc(N(C)S(=O)(=O)c2ccccc2)c(OCCCCN=CNN)c1. The first kappa shape index (κ1) is 20.7. The van der Waals surface area contributed by atoms with E-state index in [0.717, 1.165) is 18.4 Å². The van der Waals surface area contributed by atoms with Gasteiger partial charge in [-0.1, -0.05) is 24.3 Å². The Morgan fingerprint density at radius 2 is 1.93 bits per heavy atom. The highest BCUT2D eigenvalue weighted by atomic mass is 32.2. The molecule has 0 aliphatic carbocycles. The van der Waals surface area contributed by atoms with Gasteiger partial charge in [0.15, 0.2) is 0 Å². The Morgan fingerprint density at radius 3 is 2.63 bits per heavy atom. The predicted octanol–water partition coefficient (Wildman–Crippen LogP) is 2.47. The maximum Gasteiger partial charge on any atom is 0.264 e. The van der Waals surface area contributed by atoms with E-state index in [1.54, 1.807) is 36.4 Å². The van der Waals surface area contributed by atoms with E-state index in [2.05, 4.69) is 10.4 Å². The van der Waals surface area contributed by atoms with Gasteiger partial charge in [-0.25, -0.2) is 14.3 Å². The molecule has 0 radical (unpaired) electrons. The van der Waals surface area contributed by atoms with Crippen LogP contribution in [0.15, 0.2) is 58.4 Å². The van der Waals surface area contributed by atoms with Crippen molar-refractivity contribution in [3.63, 3.8) is 0 Å². The summed E-state index contributed by atoms with van der Waals surface area (Å²) in [6, 6.07) is 13.8. The largest absolute Gasteiger partial charge is 0.491 e. The summed E-state index contributed by atoms with van der Waals surface area (Å²) in [5.74, 6) is 5.65. The summed E-state index contributed by atoms with van der Waals surface area (Å²) in [6.45, 7) is 3.06. The summed E-state index contributed by atoms with van der Waals surface area (Å²) in [4.78, 5) is 4.30. The molecule has 0 saturated heterocycles. The van der Waals surface area contributed by atoms with Crippen LogP contribution in [0, 0.1) is 6.92 Å². The minimum Gasteiger partial charge on any atom is -0.491 e. The number of unbranched alkanes of at least 4 members (excludes halogenated alkanes) is 1. The summed E-state index contributed by atoms with van der Waals surface area (Å²) >= 11 is 0. The molecule has 27 heavy (non-hydrogen) atoms. The van der Waals surface area contributed by atoms with Gasteiger partial charge < -0.3 is 10.2 Å². The summed E-state index contributed by atoms with van der Waals surface area (Å²) in [5, 5.41) is 0. The Morgan fingerprint density at radius 1 is 1.19 bits per heavy atom. The van der Waals surface area contributed by atoms with Crippen molar-refractivity contribution in [2.45, 2.75) is 24.7 Å². The van der Waals surface area contributed by atoms with Crippen molar-refractivity contribution in [2.75, 3.05) is 24.5 Å². The Hall–Kier alpha value is -2.58. The highest BCUT2D eigenvalue weighted by Crippen LogP contribution is 2.32. The molecule has 0 amide bonds. The number of aliphatic imine (C=N–C) groups is 1. The van der Waals surface area contributed by atoms with Gasteiger partial charge in [0.1, 0.15) is 5.75 Å². The summed E-state index contributed by atoms with van der Waals surface area (Å²) in [7, 11) is -2.12. The highest BCUT2D eigenvalue weighted by Gasteiger charge is 2.23. The molecule has 0 atom stereocenters. The molecule has 0 saturated carbocycles. The van der Waals surface area contributed by atoms with E-state index in [0.29, 0.717) is 24.6 Å². The molecule has 0 fully saturated rings. The van der Waals surface area contributed by atoms with Crippen LogP contribution in [-0.2, 0) is 10.0 Å². The maximum atomic E-state index is 12.9. The first-order chi connectivity index (χ1) is 13.0. The highest BCUT2D eigenvalue weighted by molar-refractivity contribution is 7.92. The van der Waals surface area contributed by atoms with Gasteiger partial charge in [-0.15, -0.1) is 0 Å². The molecule has 7 nitrogen and oxygen atoms in total. The third-order valence-electron chi connectivity index (χ3n) is 3.96. The first-order valence-corrected chi connectivity index (χ1v) is 10.1. The minimum absolute atomic E-state index is 0.241. The van der Waals surface area contributed by atoms with Gasteiger partial charge in [-0.05, 0) is 49.6 Å². The average molecular weight is 391 g/mol. The number of sulfonamides is 1. The quantitative estimate of drug-likeness (QED) is 0.214. The van der Waals surface area contributed by atoms with Crippen molar-refractivity contribution < 1.29 is 13.2 Å². The van der Waals surface area contributed by atoms with Crippen LogP contribution in [-0.4, -0.2) is 35.0 Å². The third-order valence-corrected chi connectivity index (χ3v) is 5.75. The molecule has 0 heterocycles. The number of nitrogens with one attached hydrogen (secondary N) is 1. The zero-order chi connectivity index (χ0) is 19.7. The molecule has 0 spiro atoms. The summed E-state index contributed by atoms with van der Waals surface area (Å²) < 4.78 is 32.9. The van der Waals surface area contributed by atoms with Gasteiger partial charge in [0, 0.05) is 13.6 Å². The van der Waals surface area contributed by atoms with Crippen molar-refractivity contribution >= 4 is 22.0 Å². The molecule has 0 bridgehead atoms. The van der Waals surface area contributed by atoms with Crippen molar-refractivity contribution in [1.29, 1.82) is 0 Å². The molecule has 0 unspecified atom stereocenters. The maximum absolute atomic E-state index is 12.9. The van der Waals surface area contributed by atoms with Crippen LogP contribution in [0.4, 0.5) is 5.69 Å². The Kier molecular flexibility index (Phi) is 7.63. The molecular weight excluding hydrogens is 364 g/mol. The van der Waals surface area contributed by atoms with Crippen molar-refractivity contribution in [3.8, 4) is 5.75 Å². The fourth-order valence-corrected chi connectivity index (χ4v) is 3.71. The molecule has 146 valence electrons. The smallest absolute Gasteiger partial charge is 0.264 e. The zero-order valence-corrected chi connectivity index (χ0v) is 16.4. The lowest BCUT2D eigenvalue weighted by molar-refractivity contribution is 0.308. The number of nitrogens with zero attached hydrogens (tertiary/aromatic N) is 2. The second kappa shape index (κ2) is 9.94. The monoisotopic (exact) mass is 390 g/mol. The molecule has 0 aliphatic rings. The standard InChI is InChI=1S/C19H26N4O3S/c1-16-10-11-18(19(14-16)26-13-7-6-12-21-15-22-20)23(2)27(24,25)17-8-4-3-5-9-17/h3-5,8-11,14-15H,6-7,12-13,20H2,1-2H3,(H,21,22). The van der Waals surface area contributed by atoms with Crippen LogP contribution < -0.4 is 20.3 Å². The summed E-state index contributed by atoms with van der Waals surface area (Å²) in [6.07, 6.45) is 3.09. The molecule has 8 heteroatoms. The molecular formula is C19H26N4O3S. The molecule has 2 rings (SSSR count). The Labute approximate surface area is 160 Å². The third kappa shape index (κ3) is 5.70. The lowest BCUT2D eigenvalue weighted by Gasteiger charge is -2.22. The number of anilines is 1. The van der Waals surface area contributed by atoms with E-state index in [1.165, 1.54) is 17.7 Å². The van der Waals surface area contributed by atoms with Gasteiger partial charge in [-0.2, -0.15) is 0 Å². The fourth-order valence-electron chi connectivity index (χ4n) is 2.48. The minimum atomic E-state index is -3.66. The van der Waals surface area contributed by atoms with Gasteiger partial charge in [0.25, 0.3) is 10.0 Å². The van der Waals surface area contributed by atoms with Crippen LogP contribution in [0.3, 0.4) is 0 Å². The lowest BCUT2D eigenvalue weighted by Crippen LogP contribution is -2.27. The van der Waals surface area contributed by atoms with E-state index in [9.17, 15) is 8.42 Å². The zero-order valence-electron chi connectivity index (χ0n) is 15.6. The van der Waals surface area contributed by atoms with E-state index in [1.807, 2.05) is 19.1 Å². The van der Waals surface area contributed by atoms with Crippen molar-refractivity contribution in [2.24, 2.45) is 10.8 Å². The van der Waals surface area contributed by atoms with Crippen molar-refractivity contribution in [1.82, 2.24) is 5.43 Å². The topological polar surface area (TPSA) is 97.0 Å². The van der Waals surface area contributed by atoms with Gasteiger partial charge >= 0.3 is 0 Å².